The molecule has 4 nitrogen and oxygen atoms in total. The van der Waals surface area contributed by atoms with Gasteiger partial charge in [0.05, 0.1) is 12.0 Å². The van der Waals surface area contributed by atoms with Crippen LogP contribution in [0.5, 0.6) is 5.75 Å². The average Bonchev–Trinajstić information content (AvgIpc) is 3.24. The van der Waals surface area contributed by atoms with Crippen molar-refractivity contribution in [3.8, 4) is 16.9 Å². The Morgan fingerprint density at radius 3 is 2.46 bits per heavy atom. The molecule has 28 heavy (non-hydrogen) atoms. The Morgan fingerprint density at radius 1 is 1.00 bits per heavy atom. The van der Waals surface area contributed by atoms with Crippen molar-refractivity contribution in [2.75, 3.05) is 38.2 Å². The quantitative estimate of drug-likeness (QED) is 0.645. The SMILES string of the molecule is COc1cccc(N2CCN(C(=O)c3sccc3-c3ccc(C)cc3)CC2)c1. The van der Waals surface area contributed by atoms with E-state index in [1.54, 1.807) is 7.11 Å². The Morgan fingerprint density at radius 2 is 1.75 bits per heavy atom. The van der Waals surface area contributed by atoms with Gasteiger partial charge in [0, 0.05) is 43.5 Å². The highest BCUT2D eigenvalue weighted by Gasteiger charge is 2.25. The Bertz CT molecular complexity index is 957. The smallest absolute Gasteiger partial charge is 0.264 e. The maximum Gasteiger partial charge on any atom is 0.264 e. The number of amides is 1. The lowest BCUT2D eigenvalue weighted by Crippen LogP contribution is -2.48. The molecule has 1 amide bonds. The number of rotatable bonds is 4. The normalized spacial score (nSPS) is 14.2. The Kier molecular flexibility index (Phi) is 5.35. The van der Waals surface area contributed by atoms with E-state index >= 15 is 0 Å². The van der Waals surface area contributed by atoms with E-state index in [9.17, 15) is 4.79 Å². The fraction of sp³-hybridized carbons (Fsp3) is 0.261. The highest BCUT2D eigenvalue weighted by molar-refractivity contribution is 7.12. The Hall–Kier alpha value is -2.79. The van der Waals surface area contributed by atoms with Crippen LogP contribution in [-0.4, -0.2) is 44.1 Å². The molecule has 1 aromatic heterocycles. The Balaban J connectivity index is 1.46. The van der Waals surface area contributed by atoms with Crippen molar-refractivity contribution in [2.24, 2.45) is 0 Å². The van der Waals surface area contributed by atoms with Crippen LogP contribution in [-0.2, 0) is 0 Å². The maximum atomic E-state index is 13.2. The molecular weight excluding hydrogens is 368 g/mol. The van der Waals surface area contributed by atoms with Crippen LogP contribution < -0.4 is 9.64 Å². The summed E-state index contributed by atoms with van der Waals surface area (Å²) in [6.45, 7) is 5.17. The second kappa shape index (κ2) is 8.07. The molecule has 0 N–H and O–H groups in total. The van der Waals surface area contributed by atoms with E-state index in [0.29, 0.717) is 0 Å². The largest absolute Gasteiger partial charge is 0.497 e. The van der Waals surface area contributed by atoms with Crippen LogP contribution in [0.25, 0.3) is 11.1 Å². The second-order valence-corrected chi connectivity index (χ2v) is 7.93. The second-order valence-electron chi connectivity index (χ2n) is 7.01. The summed E-state index contributed by atoms with van der Waals surface area (Å²) >= 11 is 1.53. The molecule has 2 heterocycles. The maximum absolute atomic E-state index is 13.2. The standard InChI is InChI=1S/C23H24N2O2S/c1-17-6-8-18(9-7-17)21-10-15-28-22(21)23(26)25-13-11-24(12-14-25)19-4-3-5-20(16-19)27-2/h3-10,15-16H,11-14H2,1-2H3. The van der Waals surface area contributed by atoms with Crippen molar-refractivity contribution >= 4 is 22.9 Å². The zero-order chi connectivity index (χ0) is 19.5. The number of methoxy groups -OCH3 is 1. The topological polar surface area (TPSA) is 32.8 Å². The molecule has 1 aliphatic rings. The van der Waals surface area contributed by atoms with Crippen molar-refractivity contribution in [1.29, 1.82) is 0 Å². The summed E-state index contributed by atoms with van der Waals surface area (Å²) in [5, 5.41) is 2.01. The van der Waals surface area contributed by atoms with Gasteiger partial charge in [0.15, 0.2) is 0 Å². The molecule has 0 spiro atoms. The highest BCUT2D eigenvalue weighted by Crippen LogP contribution is 2.30. The number of aryl methyl sites for hydroxylation is 1. The molecule has 0 atom stereocenters. The monoisotopic (exact) mass is 392 g/mol. The van der Waals surface area contributed by atoms with Crippen LogP contribution in [0.3, 0.4) is 0 Å². The van der Waals surface area contributed by atoms with Gasteiger partial charge in [-0.1, -0.05) is 35.9 Å². The van der Waals surface area contributed by atoms with Crippen molar-refractivity contribution in [2.45, 2.75) is 6.92 Å². The van der Waals surface area contributed by atoms with Crippen LogP contribution in [0.4, 0.5) is 5.69 Å². The van der Waals surface area contributed by atoms with E-state index in [1.807, 2.05) is 28.5 Å². The Labute approximate surface area is 170 Å². The van der Waals surface area contributed by atoms with Gasteiger partial charge in [0.1, 0.15) is 5.75 Å². The van der Waals surface area contributed by atoms with E-state index in [0.717, 1.165) is 53.6 Å². The number of piperazine rings is 1. The number of ether oxygens (including phenoxy) is 1. The highest BCUT2D eigenvalue weighted by atomic mass is 32.1. The number of nitrogens with zero attached hydrogens (tertiary/aromatic N) is 2. The summed E-state index contributed by atoms with van der Waals surface area (Å²) in [5.41, 5.74) is 4.50. The third-order valence-corrected chi connectivity index (χ3v) is 6.11. The molecule has 0 radical (unpaired) electrons. The molecule has 0 unspecified atom stereocenters. The van der Waals surface area contributed by atoms with Crippen LogP contribution in [0.15, 0.2) is 60.0 Å². The summed E-state index contributed by atoms with van der Waals surface area (Å²) in [6.07, 6.45) is 0. The van der Waals surface area contributed by atoms with Gasteiger partial charge in [-0.2, -0.15) is 0 Å². The summed E-state index contributed by atoms with van der Waals surface area (Å²) < 4.78 is 5.33. The number of hydrogen-bond acceptors (Lipinski definition) is 4. The summed E-state index contributed by atoms with van der Waals surface area (Å²) in [6, 6.07) is 18.5. The number of anilines is 1. The molecule has 144 valence electrons. The van der Waals surface area contributed by atoms with Gasteiger partial charge in [0.25, 0.3) is 5.91 Å². The molecular formula is C23H24N2O2S. The van der Waals surface area contributed by atoms with Crippen LogP contribution in [0, 0.1) is 6.92 Å². The first-order chi connectivity index (χ1) is 13.7. The van der Waals surface area contributed by atoms with E-state index in [-0.39, 0.29) is 5.91 Å². The van der Waals surface area contributed by atoms with Crippen LogP contribution in [0.2, 0.25) is 0 Å². The van der Waals surface area contributed by atoms with Crippen LogP contribution in [0.1, 0.15) is 15.2 Å². The van der Waals surface area contributed by atoms with Gasteiger partial charge in [-0.15, -0.1) is 11.3 Å². The molecule has 5 heteroatoms. The van der Waals surface area contributed by atoms with E-state index in [1.165, 1.54) is 16.9 Å². The molecule has 0 aliphatic carbocycles. The minimum atomic E-state index is 0.135. The van der Waals surface area contributed by atoms with Crippen molar-refractivity contribution in [1.82, 2.24) is 4.90 Å². The summed E-state index contributed by atoms with van der Waals surface area (Å²) in [7, 11) is 1.68. The fourth-order valence-electron chi connectivity index (χ4n) is 3.55. The fourth-order valence-corrected chi connectivity index (χ4v) is 4.44. The number of carbonyl (C=O) groups excluding carboxylic acids is 1. The number of carbonyl (C=O) groups is 1. The van der Waals surface area contributed by atoms with Gasteiger partial charge in [-0.25, -0.2) is 0 Å². The molecule has 2 aromatic carbocycles. The van der Waals surface area contributed by atoms with Crippen molar-refractivity contribution in [3.63, 3.8) is 0 Å². The molecule has 0 saturated carbocycles. The minimum absolute atomic E-state index is 0.135. The lowest BCUT2D eigenvalue weighted by Gasteiger charge is -2.36. The lowest BCUT2D eigenvalue weighted by molar-refractivity contribution is 0.0752. The predicted octanol–water partition coefficient (Wildman–Crippen LogP) is 4.69. The summed E-state index contributed by atoms with van der Waals surface area (Å²) in [4.78, 5) is 18.3. The third kappa shape index (κ3) is 3.76. The van der Waals surface area contributed by atoms with E-state index < -0.39 is 0 Å². The van der Waals surface area contributed by atoms with E-state index in [2.05, 4.69) is 48.2 Å². The molecule has 1 saturated heterocycles. The van der Waals surface area contributed by atoms with Gasteiger partial charge < -0.3 is 14.5 Å². The predicted molar refractivity (Wildman–Crippen MR) is 116 cm³/mol. The van der Waals surface area contributed by atoms with Gasteiger partial charge in [0.2, 0.25) is 0 Å². The lowest BCUT2D eigenvalue weighted by atomic mass is 10.0. The number of hydrogen-bond donors (Lipinski definition) is 0. The van der Waals surface area contributed by atoms with Gasteiger partial charge in [-0.3, -0.25) is 4.79 Å². The van der Waals surface area contributed by atoms with Crippen LogP contribution >= 0.6 is 11.3 Å². The minimum Gasteiger partial charge on any atom is -0.497 e. The first-order valence-corrected chi connectivity index (χ1v) is 10.4. The van der Waals surface area contributed by atoms with Crippen molar-refractivity contribution in [3.05, 3.63) is 70.4 Å². The molecule has 4 rings (SSSR count). The molecule has 1 fully saturated rings. The zero-order valence-corrected chi connectivity index (χ0v) is 17.0. The average molecular weight is 393 g/mol. The first-order valence-electron chi connectivity index (χ1n) is 9.48. The molecule has 1 aliphatic heterocycles. The molecule has 3 aromatic rings. The number of benzene rings is 2. The van der Waals surface area contributed by atoms with E-state index in [4.69, 9.17) is 4.74 Å². The zero-order valence-electron chi connectivity index (χ0n) is 16.2. The van der Waals surface area contributed by atoms with Gasteiger partial charge >= 0.3 is 0 Å². The number of thiophene rings is 1. The van der Waals surface area contributed by atoms with Crippen molar-refractivity contribution < 1.29 is 9.53 Å². The third-order valence-electron chi connectivity index (χ3n) is 5.21. The first kappa shape index (κ1) is 18.6. The molecule has 0 bridgehead atoms. The van der Waals surface area contributed by atoms with Gasteiger partial charge in [-0.05, 0) is 36.1 Å². The summed E-state index contributed by atoms with van der Waals surface area (Å²) in [5.74, 6) is 0.994.